The van der Waals surface area contributed by atoms with Gasteiger partial charge in [-0.1, -0.05) is 0 Å². The Morgan fingerprint density at radius 1 is 1.38 bits per heavy atom. The number of aryl methyl sites for hydroxylation is 1. The first-order chi connectivity index (χ1) is 14.9. The van der Waals surface area contributed by atoms with Gasteiger partial charge in [-0.25, -0.2) is 14.8 Å². The zero-order chi connectivity index (χ0) is 23.6. The predicted molar refractivity (Wildman–Crippen MR) is 103 cm³/mol. The second-order valence-corrected chi connectivity index (χ2v) is 8.05. The highest BCUT2D eigenvalue weighted by molar-refractivity contribution is 5.78. The first-order valence-corrected chi connectivity index (χ1v) is 10.2. The summed E-state index contributed by atoms with van der Waals surface area (Å²) in [7, 11) is 0. The predicted octanol–water partition coefficient (Wildman–Crippen LogP) is 0.754. The summed E-state index contributed by atoms with van der Waals surface area (Å²) in [4.78, 5) is 34.0. The maximum atomic E-state index is 13.3. The molecule has 13 heteroatoms. The van der Waals surface area contributed by atoms with Gasteiger partial charge in [-0.3, -0.25) is 9.69 Å². The Hall–Kier alpha value is -2.51. The fourth-order valence-electron chi connectivity index (χ4n) is 4.03. The van der Waals surface area contributed by atoms with Crippen LogP contribution < -0.4 is 5.32 Å². The van der Waals surface area contributed by atoms with E-state index in [4.69, 9.17) is 9.84 Å². The van der Waals surface area contributed by atoms with Crippen LogP contribution in [0.1, 0.15) is 36.1 Å². The number of rotatable bonds is 6. The Bertz CT molecular complexity index is 868. The summed E-state index contributed by atoms with van der Waals surface area (Å²) in [6.45, 7) is 3.48. The summed E-state index contributed by atoms with van der Waals surface area (Å²) >= 11 is 0. The van der Waals surface area contributed by atoms with Crippen molar-refractivity contribution >= 4 is 12.0 Å². The molecule has 1 saturated heterocycles. The molecule has 3 rings (SSSR count). The second kappa shape index (κ2) is 9.55. The van der Waals surface area contributed by atoms with E-state index in [0.717, 1.165) is 0 Å². The van der Waals surface area contributed by atoms with E-state index in [1.165, 1.54) is 16.7 Å². The molecular weight excluding hydrogens is 435 g/mol. The van der Waals surface area contributed by atoms with Crippen molar-refractivity contribution in [3.05, 3.63) is 22.8 Å². The molecule has 1 unspecified atom stereocenters. The van der Waals surface area contributed by atoms with Crippen LogP contribution in [0.25, 0.3) is 0 Å². The van der Waals surface area contributed by atoms with Gasteiger partial charge >= 0.3 is 12.3 Å². The standard InChI is InChI=1S/C19H26F3N5O5/c1-10-6-27(16(29)9-32-10)7-12(25-18(30)31)5-15(28)26-4-3-13-14(8-26)23-11(2)24-17(13)19(20,21)22/h10,12,15,25,28H,3-9H2,1-2H3,(H,30,31)/t10-,12?,15-/m0/s1. The van der Waals surface area contributed by atoms with Gasteiger partial charge in [-0.2, -0.15) is 13.2 Å². The van der Waals surface area contributed by atoms with E-state index in [1.807, 2.05) is 0 Å². The smallest absolute Gasteiger partial charge is 0.433 e. The maximum absolute atomic E-state index is 13.3. The average Bonchev–Trinajstić information content (AvgIpc) is 2.68. The van der Waals surface area contributed by atoms with E-state index in [-0.39, 0.29) is 68.2 Å². The van der Waals surface area contributed by atoms with Gasteiger partial charge in [-0.05, 0) is 20.3 Å². The minimum absolute atomic E-state index is 0.00198. The third-order valence-corrected chi connectivity index (χ3v) is 5.48. The van der Waals surface area contributed by atoms with Crippen LogP contribution in [-0.2, 0) is 28.7 Å². The zero-order valence-electron chi connectivity index (χ0n) is 17.7. The highest BCUT2D eigenvalue weighted by atomic mass is 19.4. The molecule has 3 N–H and O–H groups in total. The molecular formula is C19H26F3N5O5. The molecule has 0 radical (unpaired) electrons. The Kier molecular flexibility index (Phi) is 7.20. The number of carboxylic acid groups (broad SMARTS) is 1. The van der Waals surface area contributed by atoms with E-state index in [0.29, 0.717) is 6.54 Å². The SMILES string of the molecule is Cc1nc2c(c(C(F)(F)F)n1)CCN([C@@H](O)CC(CN1C[C@H](C)OCC1=O)NC(=O)O)C2. The van der Waals surface area contributed by atoms with Gasteiger partial charge in [0.05, 0.1) is 17.8 Å². The molecule has 3 atom stereocenters. The topological polar surface area (TPSA) is 128 Å². The second-order valence-electron chi connectivity index (χ2n) is 8.05. The highest BCUT2D eigenvalue weighted by Crippen LogP contribution is 2.34. The summed E-state index contributed by atoms with van der Waals surface area (Å²) in [5, 5.41) is 22.2. The molecule has 0 spiro atoms. The molecule has 2 aliphatic heterocycles. The molecule has 0 aromatic carbocycles. The average molecular weight is 461 g/mol. The van der Waals surface area contributed by atoms with E-state index in [2.05, 4.69) is 15.3 Å². The lowest BCUT2D eigenvalue weighted by Gasteiger charge is -2.37. The van der Waals surface area contributed by atoms with E-state index < -0.39 is 30.2 Å². The summed E-state index contributed by atoms with van der Waals surface area (Å²) in [5.74, 6) is -0.300. The molecule has 32 heavy (non-hydrogen) atoms. The van der Waals surface area contributed by atoms with Crippen molar-refractivity contribution in [3.8, 4) is 0 Å². The minimum atomic E-state index is -4.60. The van der Waals surface area contributed by atoms with Crippen LogP contribution in [-0.4, -0.2) is 86.6 Å². The first kappa shape index (κ1) is 24.1. The number of hydrogen-bond acceptors (Lipinski definition) is 7. The monoisotopic (exact) mass is 461 g/mol. The van der Waals surface area contributed by atoms with Crippen molar-refractivity contribution in [1.82, 2.24) is 25.1 Å². The number of hydrogen-bond donors (Lipinski definition) is 3. The number of aliphatic hydroxyl groups is 1. The van der Waals surface area contributed by atoms with Crippen molar-refractivity contribution in [2.75, 3.05) is 26.2 Å². The van der Waals surface area contributed by atoms with Gasteiger partial charge in [-0.15, -0.1) is 0 Å². The number of carbonyl (C=O) groups is 2. The number of nitrogens with one attached hydrogen (secondary N) is 1. The number of halogens is 3. The lowest BCUT2D eigenvalue weighted by atomic mass is 10.0. The Morgan fingerprint density at radius 2 is 2.09 bits per heavy atom. The Balaban J connectivity index is 1.71. The Labute approximate surface area is 182 Å². The van der Waals surface area contributed by atoms with Crippen molar-refractivity contribution in [2.24, 2.45) is 0 Å². The van der Waals surface area contributed by atoms with E-state index in [1.54, 1.807) is 6.92 Å². The van der Waals surface area contributed by atoms with Crippen molar-refractivity contribution in [2.45, 2.75) is 57.8 Å². The molecule has 2 aliphatic rings. The third-order valence-electron chi connectivity index (χ3n) is 5.48. The summed E-state index contributed by atoms with van der Waals surface area (Å²) < 4.78 is 45.2. The molecule has 10 nitrogen and oxygen atoms in total. The van der Waals surface area contributed by atoms with Gasteiger partial charge in [0.15, 0.2) is 5.69 Å². The number of fused-ring (bicyclic) bond motifs is 1. The summed E-state index contributed by atoms with van der Waals surface area (Å²) in [6.07, 6.45) is -7.32. The normalized spacial score (nSPS) is 21.8. The van der Waals surface area contributed by atoms with Crippen LogP contribution in [0.15, 0.2) is 0 Å². The largest absolute Gasteiger partial charge is 0.465 e. The number of amides is 2. The molecule has 1 aromatic heterocycles. The Morgan fingerprint density at radius 3 is 2.75 bits per heavy atom. The van der Waals surface area contributed by atoms with Crippen LogP contribution in [0.5, 0.6) is 0 Å². The molecule has 3 heterocycles. The lowest BCUT2D eigenvalue weighted by molar-refractivity contribution is -0.148. The lowest BCUT2D eigenvalue weighted by Crippen LogP contribution is -2.53. The van der Waals surface area contributed by atoms with Gasteiger partial charge < -0.3 is 25.2 Å². The maximum Gasteiger partial charge on any atom is 0.433 e. The van der Waals surface area contributed by atoms with E-state index >= 15 is 0 Å². The number of carbonyl (C=O) groups excluding carboxylic acids is 1. The quantitative estimate of drug-likeness (QED) is 0.567. The first-order valence-electron chi connectivity index (χ1n) is 10.2. The number of morpholine rings is 1. The van der Waals surface area contributed by atoms with E-state index in [9.17, 15) is 27.9 Å². The number of ether oxygens (including phenoxy) is 1. The molecule has 1 fully saturated rings. The van der Waals surface area contributed by atoms with Gasteiger partial charge in [0.1, 0.15) is 18.7 Å². The minimum Gasteiger partial charge on any atom is -0.465 e. The van der Waals surface area contributed by atoms with Crippen LogP contribution in [0.2, 0.25) is 0 Å². The molecule has 0 aliphatic carbocycles. The van der Waals surface area contributed by atoms with Crippen LogP contribution >= 0.6 is 0 Å². The van der Waals surface area contributed by atoms with Crippen molar-refractivity contribution in [1.29, 1.82) is 0 Å². The van der Waals surface area contributed by atoms with Crippen LogP contribution in [0, 0.1) is 6.92 Å². The molecule has 0 saturated carbocycles. The highest BCUT2D eigenvalue weighted by Gasteiger charge is 2.39. The number of aromatic nitrogens is 2. The van der Waals surface area contributed by atoms with Gasteiger partial charge in [0, 0.05) is 38.2 Å². The third kappa shape index (κ3) is 5.84. The van der Waals surface area contributed by atoms with Crippen molar-refractivity contribution in [3.63, 3.8) is 0 Å². The van der Waals surface area contributed by atoms with Gasteiger partial charge in [0.2, 0.25) is 5.91 Å². The number of alkyl halides is 3. The summed E-state index contributed by atoms with van der Waals surface area (Å²) in [5.41, 5.74) is -0.755. The number of nitrogens with zero attached hydrogens (tertiary/aromatic N) is 4. The number of aliphatic hydroxyl groups excluding tert-OH is 1. The molecule has 1 aromatic rings. The van der Waals surface area contributed by atoms with Crippen LogP contribution in [0.4, 0.5) is 18.0 Å². The molecule has 2 amide bonds. The van der Waals surface area contributed by atoms with Crippen molar-refractivity contribution < 1.29 is 37.7 Å². The van der Waals surface area contributed by atoms with Gasteiger partial charge in [0.25, 0.3) is 0 Å². The zero-order valence-corrected chi connectivity index (χ0v) is 17.7. The fraction of sp³-hybridized carbons (Fsp3) is 0.684. The molecule has 178 valence electrons. The summed E-state index contributed by atoms with van der Waals surface area (Å²) in [6, 6.07) is -0.781. The van der Waals surface area contributed by atoms with Crippen LogP contribution in [0.3, 0.4) is 0 Å². The molecule has 0 bridgehead atoms. The fourth-order valence-corrected chi connectivity index (χ4v) is 4.03.